The van der Waals surface area contributed by atoms with Gasteiger partial charge in [0.2, 0.25) is 5.95 Å². The second-order valence-corrected chi connectivity index (χ2v) is 5.34. The molecule has 0 aliphatic carbocycles. The van der Waals surface area contributed by atoms with E-state index in [0.717, 1.165) is 0 Å². The molecule has 1 rings (SSSR count). The average molecular weight is 294 g/mol. The Morgan fingerprint density at radius 1 is 1.48 bits per heavy atom. The van der Waals surface area contributed by atoms with E-state index in [0.29, 0.717) is 24.8 Å². The van der Waals surface area contributed by atoms with Crippen LogP contribution in [0, 0.1) is 5.95 Å². The number of hydrogen-bond acceptors (Lipinski definition) is 4. The minimum Gasteiger partial charge on any atom is -0.444 e. The summed E-state index contributed by atoms with van der Waals surface area (Å²) in [6.07, 6.45) is 5.12. The molecule has 0 aliphatic heterocycles. The van der Waals surface area contributed by atoms with Crippen molar-refractivity contribution in [2.75, 3.05) is 6.54 Å². The van der Waals surface area contributed by atoms with Crippen LogP contribution in [0.25, 0.3) is 6.08 Å². The summed E-state index contributed by atoms with van der Waals surface area (Å²) in [5.74, 6) is -0.793. The maximum Gasteiger partial charge on any atom is 0.407 e. The number of alkyl carbamates (subject to hydrolysis) is 1. The van der Waals surface area contributed by atoms with Crippen LogP contribution in [0.2, 0.25) is 0 Å². The lowest BCUT2D eigenvalue weighted by Gasteiger charge is -2.19. The fourth-order valence-electron chi connectivity index (χ4n) is 1.51. The van der Waals surface area contributed by atoms with Crippen molar-refractivity contribution in [2.24, 2.45) is 0 Å². The fourth-order valence-corrected chi connectivity index (χ4v) is 1.51. The molecule has 1 aromatic heterocycles. The number of rotatable bonds is 5. The molecule has 5 nitrogen and oxygen atoms in total. The van der Waals surface area contributed by atoms with Crippen LogP contribution in [0.1, 0.15) is 43.1 Å². The van der Waals surface area contributed by atoms with Crippen LogP contribution in [0.4, 0.5) is 9.18 Å². The first-order valence-corrected chi connectivity index (χ1v) is 6.56. The van der Waals surface area contributed by atoms with Crippen molar-refractivity contribution < 1.29 is 18.7 Å². The molecule has 1 amide bonds. The molecule has 0 atom stereocenters. The van der Waals surface area contributed by atoms with Gasteiger partial charge in [0, 0.05) is 12.7 Å². The van der Waals surface area contributed by atoms with Crippen molar-refractivity contribution in [1.82, 2.24) is 10.3 Å². The summed E-state index contributed by atoms with van der Waals surface area (Å²) in [7, 11) is 0. The zero-order valence-electron chi connectivity index (χ0n) is 12.4. The van der Waals surface area contributed by atoms with Crippen LogP contribution in [0.15, 0.2) is 18.3 Å². The quantitative estimate of drug-likeness (QED) is 0.515. The van der Waals surface area contributed by atoms with Gasteiger partial charge in [-0.2, -0.15) is 4.39 Å². The normalized spacial score (nSPS) is 11.4. The van der Waals surface area contributed by atoms with E-state index in [1.54, 1.807) is 39.0 Å². The van der Waals surface area contributed by atoms with Crippen LogP contribution in [-0.4, -0.2) is 29.5 Å². The summed E-state index contributed by atoms with van der Waals surface area (Å²) in [4.78, 5) is 25.6. The number of carbonyl (C=O) groups is 2. The molecule has 21 heavy (non-hydrogen) atoms. The van der Waals surface area contributed by atoms with Crippen molar-refractivity contribution in [3.63, 3.8) is 0 Å². The molecule has 114 valence electrons. The number of hydrogen-bond donors (Lipinski definition) is 1. The van der Waals surface area contributed by atoms with Gasteiger partial charge in [-0.1, -0.05) is 12.2 Å². The summed E-state index contributed by atoms with van der Waals surface area (Å²) in [6, 6.07) is 1.55. The highest BCUT2D eigenvalue weighted by Gasteiger charge is 2.15. The zero-order chi connectivity index (χ0) is 15.9. The topological polar surface area (TPSA) is 68.3 Å². The molecule has 0 unspecified atom stereocenters. The van der Waals surface area contributed by atoms with E-state index >= 15 is 0 Å². The van der Waals surface area contributed by atoms with Gasteiger partial charge in [0.05, 0.1) is 5.56 Å². The molecule has 0 radical (unpaired) electrons. The Hall–Kier alpha value is -2.24. The van der Waals surface area contributed by atoms with Crippen molar-refractivity contribution in [2.45, 2.75) is 32.8 Å². The van der Waals surface area contributed by atoms with Crippen LogP contribution in [0.3, 0.4) is 0 Å². The molecule has 1 heterocycles. The number of nitrogens with zero attached hydrogens (tertiary/aromatic N) is 1. The lowest BCUT2D eigenvalue weighted by molar-refractivity contribution is 0.0528. The summed E-state index contributed by atoms with van der Waals surface area (Å²) in [5.41, 5.74) is -0.156. The van der Waals surface area contributed by atoms with Crippen molar-refractivity contribution in [3.8, 4) is 0 Å². The number of aromatic nitrogens is 1. The van der Waals surface area contributed by atoms with E-state index in [9.17, 15) is 14.0 Å². The smallest absolute Gasteiger partial charge is 0.407 e. The van der Waals surface area contributed by atoms with E-state index in [1.807, 2.05) is 0 Å². The first-order chi connectivity index (χ1) is 9.83. The summed E-state index contributed by atoms with van der Waals surface area (Å²) in [5, 5.41) is 2.60. The first-order valence-electron chi connectivity index (χ1n) is 6.56. The van der Waals surface area contributed by atoms with Gasteiger partial charge in [0.25, 0.3) is 0 Å². The zero-order valence-corrected chi connectivity index (χ0v) is 12.4. The number of carbonyl (C=O) groups excluding carboxylic acids is 2. The van der Waals surface area contributed by atoms with Gasteiger partial charge in [-0.25, -0.2) is 9.78 Å². The third kappa shape index (κ3) is 6.16. The molecule has 0 spiro atoms. The number of halogens is 1. The third-order valence-corrected chi connectivity index (χ3v) is 2.37. The maximum absolute atomic E-state index is 13.2. The summed E-state index contributed by atoms with van der Waals surface area (Å²) >= 11 is 0. The predicted octanol–water partition coefficient (Wildman–Crippen LogP) is 2.96. The monoisotopic (exact) mass is 294 g/mol. The molecule has 1 N–H and O–H groups in total. The van der Waals surface area contributed by atoms with Crippen LogP contribution in [-0.2, 0) is 4.74 Å². The fraction of sp³-hybridized carbons (Fsp3) is 0.400. The van der Waals surface area contributed by atoms with E-state index in [4.69, 9.17) is 4.74 Å². The van der Waals surface area contributed by atoms with Gasteiger partial charge >= 0.3 is 6.09 Å². The lowest BCUT2D eigenvalue weighted by atomic mass is 10.1. The lowest BCUT2D eigenvalue weighted by Crippen LogP contribution is -2.32. The molecule has 1 aromatic rings. The number of aldehydes is 1. The highest BCUT2D eigenvalue weighted by atomic mass is 19.1. The molecular weight excluding hydrogens is 275 g/mol. The highest BCUT2D eigenvalue weighted by molar-refractivity contribution is 5.81. The second-order valence-electron chi connectivity index (χ2n) is 5.34. The maximum atomic E-state index is 13.2. The Labute approximate surface area is 123 Å². The second kappa shape index (κ2) is 7.52. The number of pyridine rings is 1. The SMILES string of the molecule is CC(C)(C)OC(=O)NCCC=Cc1ccnc(F)c1C=O. The minimum atomic E-state index is -0.793. The predicted molar refractivity (Wildman–Crippen MR) is 77.5 cm³/mol. The Kier molecular flexibility index (Phi) is 6.02. The van der Waals surface area contributed by atoms with Gasteiger partial charge in [0.1, 0.15) is 5.60 Å². The van der Waals surface area contributed by atoms with Crippen LogP contribution >= 0.6 is 0 Å². The minimum absolute atomic E-state index is 0.0751. The van der Waals surface area contributed by atoms with Crippen LogP contribution < -0.4 is 5.32 Å². The molecule has 0 saturated carbocycles. The van der Waals surface area contributed by atoms with Crippen molar-refractivity contribution >= 4 is 18.5 Å². The first kappa shape index (κ1) is 16.8. The Balaban J connectivity index is 2.45. The summed E-state index contributed by atoms with van der Waals surface area (Å²) in [6.45, 7) is 5.73. The van der Waals surface area contributed by atoms with Crippen molar-refractivity contribution in [1.29, 1.82) is 0 Å². The molecule has 0 aliphatic rings. The van der Waals surface area contributed by atoms with E-state index in [-0.39, 0.29) is 5.56 Å². The standard InChI is InChI=1S/C15H19FN2O3/c1-15(2,3)21-14(20)18-8-5-4-6-11-7-9-17-13(16)12(11)10-19/h4,6-7,9-10H,5,8H2,1-3H3,(H,18,20). The molecule has 0 saturated heterocycles. The molecule has 0 aromatic carbocycles. The van der Waals surface area contributed by atoms with Gasteiger partial charge in [-0.05, 0) is 38.8 Å². The average Bonchev–Trinajstić information content (AvgIpc) is 2.36. The molecule has 0 bridgehead atoms. The summed E-state index contributed by atoms with van der Waals surface area (Å²) < 4.78 is 18.3. The Bertz CT molecular complexity index is 536. The van der Waals surface area contributed by atoms with Gasteiger partial charge < -0.3 is 10.1 Å². The van der Waals surface area contributed by atoms with Gasteiger partial charge in [-0.3, -0.25) is 4.79 Å². The van der Waals surface area contributed by atoms with E-state index in [2.05, 4.69) is 10.3 Å². The number of amides is 1. The number of nitrogens with one attached hydrogen (secondary N) is 1. The molecule has 6 heteroatoms. The Morgan fingerprint density at radius 3 is 2.81 bits per heavy atom. The highest BCUT2D eigenvalue weighted by Crippen LogP contribution is 2.11. The third-order valence-electron chi connectivity index (χ3n) is 2.37. The van der Waals surface area contributed by atoms with Crippen LogP contribution in [0.5, 0.6) is 0 Å². The Morgan fingerprint density at radius 2 is 2.19 bits per heavy atom. The molecule has 0 fully saturated rings. The largest absolute Gasteiger partial charge is 0.444 e. The van der Waals surface area contributed by atoms with E-state index in [1.165, 1.54) is 6.20 Å². The van der Waals surface area contributed by atoms with Gasteiger partial charge in [-0.15, -0.1) is 0 Å². The molecular formula is C15H19FN2O3. The van der Waals surface area contributed by atoms with Crippen molar-refractivity contribution in [3.05, 3.63) is 35.4 Å². The van der Waals surface area contributed by atoms with Gasteiger partial charge in [0.15, 0.2) is 6.29 Å². The van der Waals surface area contributed by atoms with E-state index < -0.39 is 17.6 Å². The number of ether oxygens (including phenoxy) is 1.